The van der Waals surface area contributed by atoms with Gasteiger partial charge in [0.15, 0.2) is 0 Å². The zero-order valence-corrected chi connectivity index (χ0v) is 20.0. The second kappa shape index (κ2) is 11.3. The number of para-hydroxylation sites is 1. The van der Waals surface area contributed by atoms with Gasteiger partial charge in [-0.15, -0.1) is 0 Å². The summed E-state index contributed by atoms with van der Waals surface area (Å²) in [7, 11) is 0. The van der Waals surface area contributed by atoms with Crippen molar-refractivity contribution in [3.05, 3.63) is 101 Å². The van der Waals surface area contributed by atoms with Crippen LogP contribution in [0.1, 0.15) is 40.2 Å². The lowest BCUT2D eigenvalue weighted by Gasteiger charge is -2.27. The highest BCUT2D eigenvalue weighted by Gasteiger charge is 2.21. The molecule has 0 aliphatic carbocycles. The molecule has 1 amide bonds. The van der Waals surface area contributed by atoms with Gasteiger partial charge in [0.1, 0.15) is 17.3 Å². The number of fused-ring (bicyclic) bond motifs is 1. The summed E-state index contributed by atoms with van der Waals surface area (Å²) in [4.78, 5) is 18.3. The highest BCUT2D eigenvalue weighted by molar-refractivity contribution is 5.98. The maximum absolute atomic E-state index is 13.5. The van der Waals surface area contributed by atoms with Crippen molar-refractivity contribution in [2.75, 3.05) is 13.1 Å². The molecule has 4 aromatic rings. The van der Waals surface area contributed by atoms with Crippen LogP contribution in [0.15, 0.2) is 72.8 Å². The lowest BCUT2D eigenvalue weighted by atomic mass is 10.0. The summed E-state index contributed by atoms with van der Waals surface area (Å²) < 4.78 is 13.4. The Morgan fingerprint density at radius 1 is 1.08 bits per heavy atom. The normalized spacial score (nSPS) is 13.0. The molecular weight excluding hydrogens is 461 g/mol. The fourth-order valence-electron chi connectivity index (χ4n) is 4.15. The van der Waals surface area contributed by atoms with Crippen LogP contribution in [0, 0.1) is 5.82 Å². The number of benzene rings is 3. The molecule has 0 saturated heterocycles. The summed E-state index contributed by atoms with van der Waals surface area (Å²) in [5.74, 6) is -0.549. The van der Waals surface area contributed by atoms with Crippen LogP contribution in [-0.2, 0) is 13.2 Å². The number of aliphatic hydroxyl groups excluding tert-OH is 2. The number of nitrogens with one attached hydrogen (secondary N) is 2. The van der Waals surface area contributed by atoms with Crippen molar-refractivity contribution < 1.29 is 24.5 Å². The molecule has 0 aliphatic rings. The van der Waals surface area contributed by atoms with E-state index >= 15 is 0 Å². The van der Waals surface area contributed by atoms with Gasteiger partial charge in [0.05, 0.1) is 12.7 Å². The Labute approximate surface area is 208 Å². The van der Waals surface area contributed by atoms with E-state index in [4.69, 9.17) is 0 Å². The number of amides is 1. The smallest absolute Gasteiger partial charge is 0.270 e. The third-order valence-electron chi connectivity index (χ3n) is 6.15. The maximum Gasteiger partial charge on any atom is 0.270 e. The number of carbonyl (C=O) groups excluding carboxylic acids is 1. The molecule has 8 heteroatoms. The highest BCUT2D eigenvalue weighted by Crippen LogP contribution is 2.22. The second-order valence-electron chi connectivity index (χ2n) is 8.95. The van der Waals surface area contributed by atoms with Crippen LogP contribution in [0.2, 0.25) is 0 Å². The third kappa shape index (κ3) is 6.09. The number of phenols is 1. The summed E-state index contributed by atoms with van der Waals surface area (Å²) >= 11 is 0. The zero-order chi connectivity index (χ0) is 25.7. The van der Waals surface area contributed by atoms with E-state index in [1.807, 2.05) is 37.3 Å². The van der Waals surface area contributed by atoms with Crippen molar-refractivity contribution in [1.82, 2.24) is 15.2 Å². The van der Waals surface area contributed by atoms with Crippen LogP contribution in [0.5, 0.6) is 5.75 Å². The Morgan fingerprint density at radius 3 is 2.56 bits per heavy atom. The molecular formula is C28H30FN3O4. The molecule has 5 N–H and O–H groups in total. The Kier molecular flexibility index (Phi) is 8.00. The van der Waals surface area contributed by atoms with Gasteiger partial charge in [0, 0.05) is 42.1 Å². The van der Waals surface area contributed by atoms with Crippen LogP contribution < -0.4 is 5.32 Å². The van der Waals surface area contributed by atoms with Crippen molar-refractivity contribution in [1.29, 1.82) is 0 Å². The number of aromatic amines is 1. The molecule has 4 rings (SSSR count). The number of H-pyrrole nitrogens is 1. The van der Waals surface area contributed by atoms with Gasteiger partial charge in [-0.1, -0.05) is 36.4 Å². The molecule has 0 spiro atoms. The van der Waals surface area contributed by atoms with Crippen LogP contribution in [0.4, 0.5) is 4.39 Å². The third-order valence-corrected chi connectivity index (χ3v) is 6.15. The minimum absolute atomic E-state index is 0.0262. The quantitative estimate of drug-likeness (QED) is 0.232. The molecule has 0 bridgehead atoms. The molecule has 36 heavy (non-hydrogen) atoms. The van der Waals surface area contributed by atoms with E-state index in [0.29, 0.717) is 29.9 Å². The number of hydrogen-bond acceptors (Lipinski definition) is 5. The van der Waals surface area contributed by atoms with Crippen LogP contribution in [0.25, 0.3) is 10.9 Å². The van der Waals surface area contributed by atoms with Gasteiger partial charge in [-0.25, -0.2) is 4.39 Å². The van der Waals surface area contributed by atoms with Gasteiger partial charge < -0.3 is 30.5 Å². The Bertz CT molecular complexity index is 1290. The van der Waals surface area contributed by atoms with Crippen molar-refractivity contribution >= 4 is 16.8 Å². The number of aromatic nitrogens is 1. The lowest BCUT2D eigenvalue weighted by molar-refractivity contribution is 0.0719. The monoisotopic (exact) mass is 491 g/mol. The Morgan fingerprint density at radius 2 is 1.83 bits per heavy atom. The maximum atomic E-state index is 13.5. The molecule has 0 fully saturated rings. The molecule has 0 saturated carbocycles. The molecule has 0 aliphatic heterocycles. The minimum Gasteiger partial charge on any atom is -0.508 e. The zero-order valence-electron chi connectivity index (χ0n) is 20.0. The van der Waals surface area contributed by atoms with Gasteiger partial charge in [-0.3, -0.25) is 4.79 Å². The number of aliphatic hydroxyl groups is 2. The molecule has 0 radical (unpaired) electrons. The first-order valence-corrected chi connectivity index (χ1v) is 11.8. The number of rotatable bonds is 10. The van der Waals surface area contributed by atoms with E-state index in [1.54, 1.807) is 29.2 Å². The number of nitrogens with zero attached hydrogens (tertiary/aromatic N) is 1. The molecule has 2 atom stereocenters. The van der Waals surface area contributed by atoms with Crippen molar-refractivity contribution in [3.8, 4) is 5.75 Å². The molecule has 3 aromatic carbocycles. The fraction of sp³-hybridized carbons (Fsp3) is 0.250. The van der Waals surface area contributed by atoms with Crippen molar-refractivity contribution in [2.45, 2.75) is 32.2 Å². The topological polar surface area (TPSA) is 109 Å². The van der Waals surface area contributed by atoms with Crippen molar-refractivity contribution in [2.24, 2.45) is 0 Å². The first-order chi connectivity index (χ1) is 17.3. The van der Waals surface area contributed by atoms with E-state index in [-0.39, 0.29) is 36.7 Å². The number of halogens is 1. The highest BCUT2D eigenvalue weighted by atomic mass is 19.1. The molecule has 7 nitrogen and oxygen atoms in total. The minimum atomic E-state index is -0.867. The SMILES string of the molecule is C[C@H](CN(Cc1ccc(F)cc1)C(=O)c1cc2ccccc2[nH]1)NC[C@H](O)c1ccc(O)c(CO)c1. The Balaban J connectivity index is 1.46. The molecule has 1 heterocycles. The van der Waals surface area contributed by atoms with E-state index in [1.165, 1.54) is 18.2 Å². The van der Waals surface area contributed by atoms with Gasteiger partial charge in [0.2, 0.25) is 0 Å². The fourth-order valence-corrected chi connectivity index (χ4v) is 4.15. The first kappa shape index (κ1) is 25.4. The summed E-state index contributed by atoms with van der Waals surface area (Å²) in [5.41, 5.74) is 3.04. The largest absolute Gasteiger partial charge is 0.508 e. The summed E-state index contributed by atoms with van der Waals surface area (Å²) in [6, 6.07) is 20.0. The lowest BCUT2D eigenvalue weighted by Crippen LogP contribution is -2.43. The molecule has 1 aromatic heterocycles. The van der Waals surface area contributed by atoms with Crippen molar-refractivity contribution in [3.63, 3.8) is 0 Å². The van der Waals surface area contributed by atoms with Gasteiger partial charge in [-0.05, 0) is 54.4 Å². The number of hydrogen-bond donors (Lipinski definition) is 5. The predicted octanol–water partition coefficient (Wildman–Crippen LogP) is 3.86. The van der Waals surface area contributed by atoms with Crippen LogP contribution >= 0.6 is 0 Å². The van der Waals surface area contributed by atoms with Crippen LogP contribution in [0.3, 0.4) is 0 Å². The number of carbonyl (C=O) groups is 1. The van der Waals surface area contributed by atoms with Gasteiger partial charge in [-0.2, -0.15) is 0 Å². The number of aromatic hydroxyl groups is 1. The standard InChI is InChI=1S/C28H30FN3O4/c1-18(30-14-27(35)21-8-11-26(34)22(12-21)17-33)15-32(16-19-6-9-23(29)10-7-19)28(36)25-13-20-4-2-3-5-24(20)31-25/h2-13,18,27,30-31,33-35H,14-17H2,1H3/t18-,27+/m1/s1. The first-order valence-electron chi connectivity index (χ1n) is 11.8. The summed E-state index contributed by atoms with van der Waals surface area (Å²) in [6.45, 7) is 2.43. The second-order valence-corrected chi connectivity index (χ2v) is 8.95. The average molecular weight is 492 g/mol. The van der Waals surface area contributed by atoms with Crippen LogP contribution in [-0.4, -0.2) is 50.2 Å². The van der Waals surface area contributed by atoms with E-state index in [2.05, 4.69) is 10.3 Å². The van der Waals surface area contributed by atoms with Gasteiger partial charge in [0.25, 0.3) is 5.91 Å². The van der Waals surface area contributed by atoms with Gasteiger partial charge >= 0.3 is 0 Å². The molecule has 0 unspecified atom stereocenters. The average Bonchev–Trinajstić information content (AvgIpc) is 3.32. The molecule has 188 valence electrons. The summed E-state index contributed by atoms with van der Waals surface area (Å²) in [5, 5.41) is 33.9. The predicted molar refractivity (Wildman–Crippen MR) is 136 cm³/mol. The summed E-state index contributed by atoms with van der Waals surface area (Å²) in [6.07, 6.45) is -0.867. The van der Waals surface area contributed by atoms with E-state index in [9.17, 15) is 24.5 Å². The Hall–Kier alpha value is -3.72. The van der Waals surface area contributed by atoms with E-state index in [0.717, 1.165) is 16.5 Å². The van der Waals surface area contributed by atoms with E-state index < -0.39 is 6.10 Å².